The molecule has 0 bridgehead atoms. The van der Waals surface area contributed by atoms with Gasteiger partial charge < -0.3 is 0 Å². The molecule has 0 aliphatic heterocycles. The fourth-order valence-corrected chi connectivity index (χ4v) is 1.93. The van der Waals surface area contributed by atoms with Crippen LogP contribution in [0.15, 0.2) is 5.38 Å². The van der Waals surface area contributed by atoms with Gasteiger partial charge in [-0.2, -0.15) is 0 Å². The predicted molar refractivity (Wildman–Crippen MR) is 43.1 cm³/mol. The summed E-state index contributed by atoms with van der Waals surface area (Å²) in [5.41, 5.74) is 0.819. The first-order valence-corrected chi connectivity index (χ1v) is 4.24. The van der Waals surface area contributed by atoms with Crippen molar-refractivity contribution >= 4 is 11.3 Å². The zero-order chi connectivity index (χ0) is 7.72. The minimum absolute atomic E-state index is 0.0614. The van der Waals surface area contributed by atoms with Crippen molar-refractivity contribution < 1.29 is 4.39 Å². The smallest absolute Gasteiger partial charge is 0.137 e. The lowest BCUT2D eigenvalue weighted by Gasteiger charge is -2.00. The molecule has 1 heterocycles. The number of rotatable bonds is 1. The van der Waals surface area contributed by atoms with Gasteiger partial charge in [-0.3, -0.25) is 0 Å². The zero-order valence-electron chi connectivity index (χ0n) is 6.44. The van der Waals surface area contributed by atoms with Crippen molar-refractivity contribution in [2.45, 2.75) is 26.7 Å². The minimum atomic E-state index is -0.0614. The molecule has 10 heavy (non-hydrogen) atoms. The highest BCUT2D eigenvalue weighted by atomic mass is 32.1. The van der Waals surface area contributed by atoms with E-state index in [4.69, 9.17) is 0 Å². The largest absolute Gasteiger partial charge is 0.206 e. The molecule has 0 radical (unpaired) electrons. The monoisotopic (exact) mass is 158 g/mol. The molecule has 0 atom stereocenters. The van der Waals surface area contributed by atoms with E-state index in [1.54, 1.807) is 5.38 Å². The van der Waals surface area contributed by atoms with Crippen molar-refractivity contribution in [2.24, 2.45) is 0 Å². The summed E-state index contributed by atoms with van der Waals surface area (Å²) in [6.45, 7) is 6.00. The Hall–Kier alpha value is -0.370. The van der Waals surface area contributed by atoms with Crippen LogP contribution in [0.3, 0.4) is 0 Å². The first kappa shape index (κ1) is 7.73. The molecule has 1 rings (SSSR count). The van der Waals surface area contributed by atoms with Crippen LogP contribution < -0.4 is 0 Å². The third-order valence-corrected chi connectivity index (χ3v) is 2.90. The fourth-order valence-electron chi connectivity index (χ4n) is 0.979. The van der Waals surface area contributed by atoms with Crippen molar-refractivity contribution in [1.29, 1.82) is 0 Å². The molecule has 0 amide bonds. The molecule has 0 fully saturated rings. The molecule has 0 aliphatic rings. The van der Waals surface area contributed by atoms with E-state index in [0.29, 0.717) is 5.92 Å². The van der Waals surface area contributed by atoms with Gasteiger partial charge in [-0.1, -0.05) is 13.8 Å². The van der Waals surface area contributed by atoms with Crippen molar-refractivity contribution in [3.63, 3.8) is 0 Å². The SMILES string of the molecule is Cc1c(F)csc1C(C)C. The van der Waals surface area contributed by atoms with Crippen LogP contribution in [-0.2, 0) is 0 Å². The molecule has 0 aromatic carbocycles. The van der Waals surface area contributed by atoms with E-state index in [-0.39, 0.29) is 5.82 Å². The minimum Gasteiger partial charge on any atom is -0.206 e. The van der Waals surface area contributed by atoms with Gasteiger partial charge in [0.2, 0.25) is 0 Å². The standard InChI is InChI=1S/C8H11FS/c1-5(2)8-6(3)7(9)4-10-8/h4-5H,1-3H3. The van der Waals surface area contributed by atoms with Crippen molar-refractivity contribution in [3.05, 3.63) is 21.6 Å². The maximum atomic E-state index is 12.7. The number of hydrogen-bond acceptors (Lipinski definition) is 1. The topological polar surface area (TPSA) is 0 Å². The quantitative estimate of drug-likeness (QED) is 0.588. The first-order valence-electron chi connectivity index (χ1n) is 3.36. The summed E-state index contributed by atoms with van der Waals surface area (Å²) in [5, 5.41) is 1.57. The number of hydrogen-bond donors (Lipinski definition) is 0. The van der Waals surface area contributed by atoms with E-state index in [0.717, 1.165) is 10.4 Å². The lowest BCUT2D eigenvalue weighted by Crippen LogP contribution is -1.85. The summed E-state index contributed by atoms with van der Waals surface area (Å²) in [6.07, 6.45) is 0. The van der Waals surface area contributed by atoms with Gasteiger partial charge >= 0.3 is 0 Å². The van der Waals surface area contributed by atoms with Crippen LogP contribution in [0.4, 0.5) is 4.39 Å². The maximum absolute atomic E-state index is 12.7. The summed E-state index contributed by atoms with van der Waals surface area (Å²) < 4.78 is 12.7. The average molecular weight is 158 g/mol. The summed E-state index contributed by atoms with van der Waals surface area (Å²) in [4.78, 5) is 1.16. The van der Waals surface area contributed by atoms with Gasteiger partial charge in [-0.15, -0.1) is 11.3 Å². The summed E-state index contributed by atoms with van der Waals surface area (Å²) >= 11 is 1.51. The molecular weight excluding hydrogens is 147 g/mol. The van der Waals surface area contributed by atoms with Crippen molar-refractivity contribution in [3.8, 4) is 0 Å². The van der Waals surface area contributed by atoms with E-state index in [2.05, 4.69) is 13.8 Å². The molecule has 1 aromatic rings. The van der Waals surface area contributed by atoms with E-state index in [1.807, 2.05) is 6.92 Å². The predicted octanol–water partition coefficient (Wildman–Crippen LogP) is 3.32. The highest BCUT2D eigenvalue weighted by Crippen LogP contribution is 2.27. The van der Waals surface area contributed by atoms with Crippen LogP contribution in [0, 0.1) is 12.7 Å². The molecule has 0 N–H and O–H groups in total. The van der Waals surface area contributed by atoms with Crippen LogP contribution >= 0.6 is 11.3 Å². The number of thiophene rings is 1. The highest BCUT2D eigenvalue weighted by molar-refractivity contribution is 7.10. The van der Waals surface area contributed by atoms with Gasteiger partial charge in [0, 0.05) is 10.3 Å². The van der Waals surface area contributed by atoms with Crippen LogP contribution in [0.2, 0.25) is 0 Å². The Morgan fingerprint density at radius 3 is 2.30 bits per heavy atom. The summed E-state index contributed by atoms with van der Waals surface area (Å²) in [5.74, 6) is 0.392. The van der Waals surface area contributed by atoms with Crippen molar-refractivity contribution in [2.75, 3.05) is 0 Å². The van der Waals surface area contributed by atoms with Crippen LogP contribution in [0.1, 0.15) is 30.2 Å². The Labute approximate surface area is 64.7 Å². The molecule has 56 valence electrons. The van der Waals surface area contributed by atoms with Gasteiger partial charge in [-0.25, -0.2) is 4.39 Å². The first-order chi connectivity index (χ1) is 4.63. The Balaban J connectivity index is 3.05. The molecule has 0 unspecified atom stereocenters. The third-order valence-electron chi connectivity index (χ3n) is 1.54. The fraction of sp³-hybridized carbons (Fsp3) is 0.500. The second-order valence-electron chi connectivity index (χ2n) is 2.73. The van der Waals surface area contributed by atoms with Gasteiger partial charge in [0.25, 0.3) is 0 Å². The zero-order valence-corrected chi connectivity index (χ0v) is 7.26. The van der Waals surface area contributed by atoms with E-state index < -0.39 is 0 Å². The molecular formula is C8H11FS. The Morgan fingerprint density at radius 1 is 1.50 bits per heavy atom. The summed E-state index contributed by atoms with van der Waals surface area (Å²) in [7, 11) is 0. The lowest BCUT2D eigenvalue weighted by atomic mass is 10.1. The second-order valence-corrected chi connectivity index (χ2v) is 3.64. The van der Waals surface area contributed by atoms with E-state index in [1.165, 1.54) is 11.3 Å². The van der Waals surface area contributed by atoms with E-state index in [9.17, 15) is 4.39 Å². The molecule has 1 aromatic heterocycles. The van der Waals surface area contributed by atoms with Crippen molar-refractivity contribution in [1.82, 2.24) is 0 Å². The molecule has 0 nitrogen and oxygen atoms in total. The van der Waals surface area contributed by atoms with Gasteiger partial charge in [-0.05, 0) is 18.4 Å². The second kappa shape index (κ2) is 2.70. The third kappa shape index (κ3) is 1.21. The van der Waals surface area contributed by atoms with Crippen LogP contribution in [-0.4, -0.2) is 0 Å². The molecule has 0 aliphatic carbocycles. The average Bonchev–Trinajstić information content (AvgIpc) is 2.14. The Morgan fingerprint density at radius 2 is 2.10 bits per heavy atom. The van der Waals surface area contributed by atoms with Gasteiger partial charge in [0.05, 0.1) is 0 Å². The molecule has 0 saturated carbocycles. The highest BCUT2D eigenvalue weighted by Gasteiger charge is 2.08. The van der Waals surface area contributed by atoms with Crippen LogP contribution in [0.5, 0.6) is 0 Å². The van der Waals surface area contributed by atoms with Gasteiger partial charge in [0.15, 0.2) is 0 Å². The normalized spacial score (nSPS) is 10.9. The maximum Gasteiger partial charge on any atom is 0.137 e. The van der Waals surface area contributed by atoms with E-state index >= 15 is 0 Å². The molecule has 2 heteroatoms. The summed E-state index contributed by atoms with van der Waals surface area (Å²) in [6, 6.07) is 0. The lowest BCUT2D eigenvalue weighted by molar-refractivity contribution is 0.621. The van der Waals surface area contributed by atoms with Gasteiger partial charge in [0.1, 0.15) is 5.82 Å². The Kier molecular flexibility index (Phi) is 2.09. The molecule has 0 spiro atoms. The Bertz CT molecular complexity index is 225. The number of halogens is 1. The van der Waals surface area contributed by atoms with Crippen LogP contribution in [0.25, 0.3) is 0 Å². The molecule has 0 saturated heterocycles.